The van der Waals surface area contributed by atoms with E-state index in [1.165, 1.54) is 10.9 Å². The molecule has 1 fully saturated rings. The van der Waals surface area contributed by atoms with Gasteiger partial charge in [0.25, 0.3) is 5.56 Å². The summed E-state index contributed by atoms with van der Waals surface area (Å²) in [5, 5.41) is 0.786. The van der Waals surface area contributed by atoms with Gasteiger partial charge in [0.05, 0.1) is 23.9 Å². The minimum Gasteiger partial charge on any atom is -0.430 e. The summed E-state index contributed by atoms with van der Waals surface area (Å²) in [7, 11) is 0. The van der Waals surface area contributed by atoms with Crippen molar-refractivity contribution in [2.24, 2.45) is 0 Å². The normalized spacial score (nSPS) is 18.7. The first-order chi connectivity index (χ1) is 14.3. The number of aromatic nitrogens is 3. The second-order valence-electron chi connectivity index (χ2n) is 8.96. The number of ether oxygens (including phenoxy) is 1. The summed E-state index contributed by atoms with van der Waals surface area (Å²) < 4.78 is 13.2. The van der Waals surface area contributed by atoms with E-state index in [1.807, 2.05) is 25.7 Å². The van der Waals surface area contributed by atoms with Crippen LogP contribution in [0.1, 0.15) is 49.9 Å². The molecule has 0 spiro atoms. The van der Waals surface area contributed by atoms with Gasteiger partial charge in [-0.2, -0.15) is 0 Å². The van der Waals surface area contributed by atoms with Crippen LogP contribution in [0.5, 0.6) is 0 Å². The predicted octanol–water partition coefficient (Wildman–Crippen LogP) is 2.71. The maximum atomic E-state index is 13.1. The highest BCUT2D eigenvalue weighted by Gasteiger charge is 2.31. The fourth-order valence-corrected chi connectivity index (χ4v) is 4.56. The summed E-state index contributed by atoms with van der Waals surface area (Å²) in [6.07, 6.45) is 5.32. The molecule has 3 aromatic rings. The van der Waals surface area contributed by atoms with Crippen molar-refractivity contribution >= 4 is 28.1 Å². The molecule has 0 unspecified atom stereocenters. The van der Waals surface area contributed by atoms with Crippen molar-refractivity contribution in [1.82, 2.24) is 19.4 Å². The quantitative estimate of drug-likeness (QED) is 0.645. The number of carbonyl (C=O) groups excluding carboxylic acids is 1. The Kier molecular flexibility index (Phi) is 4.43. The highest BCUT2D eigenvalue weighted by atomic mass is 16.5. The number of hydrogen-bond donors (Lipinski definition) is 0. The summed E-state index contributed by atoms with van der Waals surface area (Å²) in [5.74, 6) is -0.0562. The van der Waals surface area contributed by atoms with Crippen molar-refractivity contribution in [2.75, 3.05) is 13.1 Å². The Hall–Kier alpha value is -2.74. The van der Waals surface area contributed by atoms with E-state index in [4.69, 9.17) is 9.15 Å². The lowest BCUT2D eigenvalue weighted by Gasteiger charge is -2.32. The monoisotopic (exact) mass is 410 g/mol. The van der Waals surface area contributed by atoms with Gasteiger partial charge in [0.2, 0.25) is 17.2 Å². The van der Waals surface area contributed by atoms with E-state index in [0.717, 1.165) is 54.6 Å². The van der Waals surface area contributed by atoms with Crippen LogP contribution in [0.25, 0.3) is 22.2 Å². The van der Waals surface area contributed by atoms with E-state index in [2.05, 4.69) is 9.97 Å². The second-order valence-corrected chi connectivity index (χ2v) is 8.96. The Labute approximate surface area is 173 Å². The van der Waals surface area contributed by atoms with Crippen LogP contribution in [-0.2, 0) is 29.1 Å². The van der Waals surface area contributed by atoms with Crippen LogP contribution in [0.2, 0.25) is 0 Å². The molecule has 0 N–H and O–H groups in total. The number of rotatable bonds is 2. The number of aryl methyl sites for hydroxylation is 1. The number of hydrogen-bond acceptors (Lipinski definition) is 6. The zero-order chi connectivity index (χ0) is 21.0. The summed E-state index contributed by atoms with van der Waals surface area (Å²) in [6.45, 7) is 7.98. The molecule has 3 aromatic heterocycles. The van der Waals surface area contributed by atoms with Crippen molar-refractivity contribution in [1.29, 1.82) is 0 Å². The first kappa shape index (κ1) is 19.2. The van der Waals surface area contributed by atoms with Gasteiger partial charge < -0.3 is 14.1 Å². The second kappa shape index (κ2) is 6.91. The van der Waals surface area contributed by atoms with Crippen molar-refractivity contribution in [3.63, 3.8) is 0 Å². The third-order valence-corrected chi connectivity index (χ3v) is 6.24. The Balaban J connectivity index is 1.60. The van der Waals surface area contributed by atoms with E-state index in [0.29, 0.717) is 24.3 Å². The predicted molar refractivity (Wildman–Crippen MR) is 111 cm³/mol. The minimum absolute atomic E-state index is 0.0236. The lowest BCUT2D eigenvalue weighted by Crippen LogP contribution is -2.39. The molecule has 0 aromatic carbocycles. The number of carbonyl (C=O) groups is 1. The van der Waals surface area contributed by atoms with Crippen LogP contribution in [0.15, 0.2) is 15.5 Å². The molecule has 30 heavy (non-hydrogen) atoms. The zero-order valence-electron chi connectivity index (χ0n) is 17.7. The first-order valence-corrected chi connectivity index (χ1v) is 10.6. The van der Waals surface area contributed by atoms with Crippen molar-refractivity contribution < 1.29 is 13.9 Å². The molecule has 2 aliphatic rings. The Morgan fingerprint density at radius 3 is 2.73 bits per heavy atom. The molecule has 8 heteroatoms. The Morgan fingerprint density at radius 1 is 1.20 bits per heavy atom. The largest absolute Gasteiger partial charge is 0.430 e. The van der Waals surface area contributed by atoms with Gasteiger partial charge in [-0.15, -0.1) is 0 Å². The van der Waals surface area contributed by atoms with Gasteiger partial charge in [-0.25, -0.2) is 9.97 Å². The van der Waals surface area contributed by atoms with Crippen LogP contribution >= 0.6 is 0 Å². The van der Waals surface area contributed by atoms with Gasteiger partial charge in [-0.3, -0.25) is 14.2 Å². The zero-order valence-corrected chi connectivity index (χ0v) is 17.7. The number of piperidine rings is 1. The summed E-state index contributed by atoms with van der Waals surface area (Å²) in [4.78, 5) is 36.6. The molecule has 158 valence electrons. The van der Waals surface area contributed by atoms with Crippen LogP contribution in [0, 0.1) is 6.92 Å². The standard InChI is InChI=1S/C22H26N4O4/c1-13-15-11-29-22(2,3)9-14(15)17-18-19(30-20(17)24-13)21(28)26(12-23-18)10-16(27)25-7-5-4-6-8-25/h12H,4-11H2,1-3H3. The molecule has 1 amide bonds. The first-order valence-electron chi connectivity index (χ1n) is 10.6. The van der Waals surface area contributed by atoms with Crippen molar-refractivity contribution in [3.8, 4) is 0 Å². The topological polar surface area (TPSA) is 90.5 Å². The van der Waals surface area contributed by atoms with E-state index in [1.54, 1.807) is 0 Å². The molecule has 5 rings (SSSR count). The van der Waals surface area contributed by atoms with Crippen molar-refractivity contribution in [3.05, 3.63) is 33.5 Å². The van der Waals surface area contributed by atoms with Crippen LogP contribution in [0.4, 0.5) is 0 Å². The van der Waals surface area contributed by atoms with Gasteiger partial charge >= 0.3 is 0 Å². The molecule has 5 heterocycles. The third-order valence-electron chi connectivity index (χ3n) is 6.24. The SMILES string of the molecule is Cc1nc2oc3c(=O)n(CC(=O)N4CCCCC4)cnc3c2c2c1COC(C)(C)C2. The fourth-order valence-electron chi connectivity index (χ4n) is 4.56. The molecular formula is C22H26N4O4. The van der Waals surface area contributed by atoms with Gasteiger partial charge in [0.15, 0.2) is 0 Å². The molecule has 1 saturated heterocycles. The summed E-state index contributed by atoms with van der Waals surface area (Å²) >= 11 is 0. The van der Waals surface area contributed by atoms with E-state index >= 15 is 0 Å². The van der Waals surface area contributed by atoms with Gasteiger partial charge in [0.1, 0.15) is 12.1 Å². The highest BCUT2D eigenvalue weighted by molar-refractivity contribution is 6.03. The summed E-state index contributed by atoms with van der Waals surface area (Å²) in [5.41, 5.74) is 3.39. The lowest BCUT2D eigenvalue weighted by atomic mass is 9.89. The van der Waals surface area contributed by atoms with Crippen molar-refractivity contribution in [2.45, 2.75) is 65.2 Å². The fraction of sp³-hybridized carbons (Fsp3) is 0.545. The van der Waals surface area contributed by atoms with E-state index in [-0.39, 0.29) is 29.2 Å². The molecule has 2 aliphatic heterocycles. The van der Waals surface area contributed by atoms with Gasteiger partial charge in [-0.05, 0) is 45.6 Å². The maximum absolute atomic E-state index is 13.1. The van der Waals surface area contributed by atoms with Crippen LogP contribution in [-0.4, -0.2) is 44.0 Å². The number of pyridine rings is 1. The molecule has 0 atom stereocenters. The Bertz CT molecular complexity index is 1220. The third kappa shape index (κ3) is 3.10. The van der Waals surface area contributed by atoms with E-state index in [9.17, 15) is 9.59 Å². The highest BCUT2D eigenvalue weighted by Crippen LogP contribution is 2.37. The molecule has 0 saturated carbocycles. The number of likely N-dealkylation sites (tertiary alicyclic amines) is 1. The molecule has 0 bridgehead atoms. The molecular weight excluding hydrogens is 384 g/mol. The molecule has 8 nitrogen and oxygen atoms in total. The molecule has 0 aliphatic carbocycles. The van der Waals surface area contributed by atoms with Gasteiger partial charge in [-0.1, -0.05) is 0 Å². The lowest BCUT2D eigenvalue weighted by molar-refractivity contribution is -0.132. The minimum atomic E-state index is -0.346. The van der Waals surface area contributed by atoms with Gasteiger partial charge in [0, 0.05) is 30.8 Å². The smallest absolute Gasteiger partial charge is 0.297 e. The van der Waals surface area contributed by atoms with E-state index < -0.39 is 0 Å². The maximum Gasteiger partial charge on any atom is 0.297 e. The number of amides is 1. The number of furan rings is 1. The van der Waals surface area contributed by atoms with Crippen LogP contribution in [0.3, 0.4) is 0 Å². The number of nitrogens with zero attached hydrogens (tertiary/aromatic N) is 4. The molecule has 0 radical (unpaired) electrons. The van der Waals surface area contributed by atoms with Crippen LogP contribution < -0.4 is 5.56 Å². The summed E-state index contributed by atoms with van der Waals surface area (Å²) in [6, 6.07) is 0. The average Bonchev–Trinajstić information content (AvgIpc) is 3.09. The average molecular weight is 410 g/mol. The number of fused-ring (bicyclic) bond motifs is 5. The Morgan fingerprint density at radius 2 is 1.97 bits per heavy atom.